The van der Waals surface area contributed by atoms with E-state index in [4.69, 9.17) is 4.74 Å². The predicted molar refractivity (Wildman–Crippen MR) is 116 cm³/mol. The van der Waals surface area contributed by atoms with Crippen LogP contribution >= 0.6 is 0 Å². The highest BCUT2D eigenvalue weighted by Gasteiger charge is 2.40. The molecule has 1 aliphatic heterocycles. The standard InChI is InChI=1S/C24H25F3N2O3/c1-14(2)32-11-10-29-22(30)20(19-9-8-15(3)12-16(19)4)21(23(29)31)28-18-7-5-6-17(13-18)24(25,26)27/h5-9,12-14,28H,10-11H2,1-4H3. The van der Waals surface area contributed by atoms with Crippen LogP contribution in [0.5, 0.6) is 0 Å². The van der Waals surface area contributed by atoms with Crippen molar-refractivity contribution >= 4 is 23.1 Å². The molecule has 32 heavy (non-hydrogen) atoms. The predicted octanol–water partition coefficient (Wildman–Crippen LogP) is 4.94. The third-order valence-corrected chi connectivity index (χ3v) is 5.04. The molecule has 0 spiro atoms. The van der Waals surface area contributed by atoms with E-state index in [-0.39, 0.29) is 36.2 Å². The van der Waals surface area contributed by atoms with Crippen LogP contribution in [0.4, 0.5) is 18.9 Å². The van der Waals surface area contributed by atoms with E-state index in [2.05, 4.69) is 5.32 Å². The zero-order chi connectivity index (χ0) is 23.6. The number of halogens is 3. The van der Waals surface area contributed by atoms with Crippen molar-refractivity contribution in [2.24, 2.45) is 0 Å². The SMILES string of the molecule is Cc1ccc(C2=C(Nc3cccc(C(F)(F)F)c3)C(=O)N(CCOC(C)C)C2=O)c(C)c1. The first-order valence-electron chi connectivity index (χ1n) is 10.2. The molecule has 8 heteroatoms. The number of nitrogens with zero attached hydrogens (tertiary/aromatic N) is 1. The smallest absolute Gasteiger partial charge is 0.377 e. The number of ether oxygens (including phenoxy) is 1. The summed E-state index contributed by atoms with van der Waals surface area (Å²) in [7, 11) is 0. The van der Waals surface area contributed by atoms with Crippen molar-refractivity contribution in [3.63, 3.8) is 0 Å². The number of benzene rings is 2. The fourth-order valence-corrected chi connectivity index (χ4v) is 3.54. The molecule has 0 radical (unpaired) electrons. The van der Waals surface area contributed by atoms with E-state index in [9.17, 15) is 22.8 Å². The lowest BCUT2D eigenvalue weighted by Gasteiger charge is -2.16. The minimum atomic E-state index is -4.53. The molecule has 1 N–H and O–H groups in total. The van der Waals surface area contributed by atoms with Crippen LogP contribution in [0.15, 0.2) is 48.2 Å². The van der Waals surface area contributed by atoms with E-state index in [0.29, 0.717) is 5.56 Å². The van der Waals surface area contributed by atoms with E-state index >= 15 is 0 Å². The number of anilines is 1. The first-order valence-corrected chi connectivity index (χ1v) is 10.2. The van der Waals surface area contributed by atoms with Gasteiger partial charge in [-0.3, -0.25) is 14.5 Å². The van der Waals surface area contributed by atoms with Crippen LogP contribution in [-0.4, -0.2) is 36.0 Å². The Labute approximate surface area is 184 Å². The normalized spacial score (nSPS) is 14.7. The highest BCUT2D eigenvalue weighted by Crippen LogP contribution is 2.34. The van der Waals surface area contributed by atoms with Gasteiger partial charge in [-0.05, 0) is 57.0 Å². The quantitative estimate of drug-likeness (QED) is 0.612. The van der Waals surface area contributed by atoms with Crippen molar-refractivity contribution < 1.29 is 27.5 Å². The molecule has 0 aliphatic carbocycles. The van der Waals surface area contributed by atoms with Crippen LogP contribution in [-0.2, 0) is 20.5 Å². The van der Waals surface area contributed by atoms with Crippen LogP contribution in [0.3, 0.4) is 0 Å². The van der Waals surface area contributed by atoms with Gasteiger partial charge >= 0.3 is 6.18 Å². The molecule has 0 saturated heterocycles. The maximum atomic E-state index is 13.2. The van der Waals surface area contributed by atoms with Crippen molar-refractivity contribution in [2.75, 3.05) is 18.5 Å². The van der Waals surface area contributed by atoms with Crippen molar-refractivity contribution in [1.29, 1.82) is 0 Å². The summed E-state index contributed by atoms with van der Waals surface area (Å²) in [6, 6.07) is 9.97. The lowest BCUT2D eigenvalue weighted by atomic mass is 9.97. The molecule has 0 fully saturated rings. The van der Waals surface area contributed by atoms with Crippen LogP contribution in [0, 0.1) is 13.8 Å². The number of nitrogens with one attached hydrogen (secondary N) is 1. The van der Waals surface area contributed by atoms with E-state index in [1.165, 1.54) is 12.1 Å². The second kappa shape index (κ2) is 9.16. The van der Waals surface area contributed by atoms with Gasteiger partial charge in [-0.15, -0.1) is 0 Å². The molecular weight excluding hydrogens is 421 g/mol. The molecule has 1 heterocycles. The van der Waals surface area contributed by atoms with Crippen LogP contribution in [0.1, 0.15) is 36.1 Å². The van der Waals surface area contributed by atoms with Gasteiger partial charge in [0.2, 0.25) is 0 Å². The second-order valence-corrected chi connectivity index (χ2v) is 7.95. The average Bonchev–Trinajstić information content (AvgIpc) is 2.92. The molecule has 0 saturated carbocycles. The monoisotopic (exact) mass is 446 g/mol. The number of imide groups is 1. The number of alkyl halides is 3. The van der Waals surface area contributed by atoms with Gasteiger partial charge in [-0.1, -0.05) is 29.8 Å². The average molecular weight is 446 g/mol. The van der Waals surface area contributed by atoms with Gasteiger partial charge in [-0.2, -0.15) is 13.2 Å². The molecule has 1 aliphatic rings. The zero-order valence-electron chi connectivity index (χ0n) is 18.3. The molecule has 170 valence electrons. The Morgan fingerprint density at radius 2 is 1.75 bits per heavy atom. The molecule has 2 amide bonds. The van der Waals surface area contributed by atoms with Crippen molar-refractivity contribution in [2.45, 2.75) is 40.0 Å². The third kappa shape index (κ3) is 5.02. The highest BCUT2D eigenvalue weighted by atomic mass is 19.4. The number of carbonyl (C=O) groups excluding carboxylic acids is 2. The minimum absolute atomic E-state index is 0.0397. The molecule has 0 aromatic heterocycles. The van der Waals surface area contributed by atoms with Crippen molar-refractivity contribution in [1.82, 2.24) is 4.90 Å². The Bertz CT molecular complexity index is 1070. The topological polar surface area (TPSA) is 58.6 Å². The molecule has 5 nitrogen and oxygen atoms in total. The molecule has 2 aromatic rings. The first kappa shape index (κ1) is 23.5. The number of aryl methyl sites for hydroxylation is 2. The number of carbonyl (C=O) groups is 2. The van der Waals surface area contributed by atoms with E-state index in [1.54, 1.807) is 6.07 Å². The molecule has 0 bridgehead atoms. The first-order chi connectivity index (χ1) is 15.0. The molecule has 3 rings (SSSR count). The maximum absolute atomic E-state index is 13.2. The second-order valence-electron chi connectivity index (χ2n) is 7.95. The van der Waals surface area contributed by atoms with Gasteiger partial charge in [-0.25, -0.2) is 0 Å². The summed E-state index contributed by atoms with van der Waals surface area (Å²) in [4.78, 5) is 27.4. The van der Waals surface area contributed by atoms with Crippen molar-refractivity contribution in [3.05, 3.63) is 70.4 Å². The van der Waals surface area contributed by atoms with Gasteiger partial charge in [0.1, 0.15) is 5.70 Å². The number of hydrogen-bond donors (Lipinski definition) is 1. The summed E-state index contributed by atoms with van der Waals surface area (Å²) >= 11 is 0. The van der Waals surface area contributed by atoms with E-state index in [1.807, 2.05) is 39.8 Å². The van der Waals surface area contributed by atoms with Crippen LogP contribution in [0.2, 0.25) is 0 Å². The summed E-state index contributed by atoms with van der Waals surface area (Å²) in [5, 5.41) is 2.78. The minimum Gasteiger partial charge on any atom is -0.377 e. The molecular formula is C24H25F3N2O3. The number of amides is 2. The van der Waals surface area contributed by atoms with E-state index in [0.717, 1.165) is 28.2 Å². The summed E-state index contributed by atoms with van der Waals surface area (Å²) < 4.78 is 44.9. The Morgan fingerprint density at radius 3 is 2.38 bits per heavy atom. The summed E-state index contributed by atoms with van der Waals surface area (Å²) in [6.45, 7) is 7.61. The summed E-state index contributed by atoms with van der Waals surface area (Å²) in [5.41, 5.74) is 1.62. The number of rotatable bonds is 7. The van der Waals surface area contributed by atoms with Gasteiger partial charge in [0.25, 0.3) is 11.8 Å². The molecule has 2 aromatic carbocycles. The summed E-state index contributed by atoms with van der Waals surface area (Å²) in [5.74, 6) is -1.11. The Morgan fingerprint density at radius 1 is 1.03 bits per heavy atom. The van der Waals surface area contributed by atoms with Gasteiger partial charge in [0, 0.05) is 5.69 Å². The fourth-order valence-electron chi connectivity index (χ4n) is 3.54. The Hall–Kier alpha value is -3.13. The summed E-state index contributed by atoms with van der Waals surface area (Å²) in [6.07, 6.45) is -4.60. The molecule has 0 atom stereocenters. The van der Waals surface area contributed by atoms with E-state index < -0.39 is 23.6 Å². The van der Waals surface area contributed by atoms with Gasteiger partial charge < -0.3 is 10.1 Å². The molecule has 0 unspecified atom stereocenters. The Kier molecular flexibility index (Phi) is 6.74. The maximum Gasteiger partial charge on any atom is 0.416 e. The van der Waals surface area contributed by atoms with Crippen LogP contribution in [0.25, 0.3) is 5.57 Å². The zero-order valence-corrected chi connectivity index (χ0v) is 18.3. The Balaban J connectivity index is 2.03. The lowest BCUT2D eigenvalue weighted by molar-refractivity contribution is -0.138. The fraction of sp³-hybridized carbons (Fsp3) is 0.333. The van der Waals surface area contributed by atoms with Crippen LogP contribution < -0.4 is 5.32 Å². The lowest BCUT2D eigenvalue weighted by Crippen LogP contribution is -2.35. The highest BCUT2D eigenvalue weighted by molar-refractivity contribution is 6.36. The third-order valence-electron chi connectivity index (χ3n) is 5.04. The van der Waals surface area contributed by atoms with Gasteiger partial charge in [0.05, 0.1) is 30.4 Å². The van der Waals surface area contributed by atoms with Crippen molar-refractivity contribution in [3.8, 4) is 0 Å². The number of hydrogen-bond acceptors (Lipinski definition) is 4. The largest absolute Gasteiger partial charge is 0.416 e. The van der Waals surface area contributed by atoms with Gasteiger partial charge in [0.15, 0.2) is 0 Å².